The minimum absolute atomic E-state index is 0.0461. The lowest BCUT2D eigenvalue weighted by atomic mass is 9.80. The average Bonchev–Trinajstić information content (AvgIpc) is 2.25. The van der Waals surface area contributed by atoms with Gasteiger partial charge < -0.3 is 0 Å². The van der Waals surface area contributed by atoms with E-state index in [1.807, 2.05) is 27.7 Å². The maximum Gasteiger partial charge on any atom is 0.255 e. The molecule has 0 saturated carbocycles. The molecule has 1 aromatic carbocycles. The SMILES string of the molecule is CC(C)c1cc(F)c(C(=O)Cl)c(C(C)C)c1C(C)C. The molecule has 0 aliphatic carbocycles. The highest BCUT2D eigenvalue weighted by Gasteiger charge is 2.26. The summed E-state index contributed by atoms with van der Waals surface area (Å²) in [7, 11) is 0. The van der Waals surface area contributed by atoms with Gasteiger partial charge in [0.2, 0.25) is 0 Å². The fourth-order valence-corrected chi connectivity index (χ4v) is 2.82. The first kappa shape index (κ1) is 16.2. The zero-order chi connectivity index (χ0) is 14.9. The molecule has 0 aliphatic heterocycles. The van der Waals surface area contributed by atoms with Crippen LogP contribution in [0.15, 0.2) is 6.07 Å². The van der Waals surface area contributed by atoms with Crippen molar-refractivity contribution in [1.82, 2.24) is 0 Å². The van der Waals surface area contributed by atoms with Gasteiger partial charge >= 0.3 is 0 Å². The molecule has 19 heavy (non-hydrogen) atoms. The first-order chi connectivity index (χ1) is 8.68. The van der Waals surface area contributed by atoms with E-state index in [1.165, 1.54) is 6.07 Å². The zero-order valence-electron chi connectivity index (χ0n) is 12.5. The summed E-state index contributed by atoms with van der Waals surface area (Å²) >= 11 is 5.59. The van der Waals surface area contributed by atoms with Crippen molar-refractivity contribution in [2.24, 2.45) is 0 Å². The molecule has 0 bridgehead atoms. The Labute approximate surface area is 120 Å². The van der Waals surface area contributed by atoms with Crippen LogP contribution < -0.4 is 0 Å². The summed E-state index contributed by atoms with van der Waals surface area (Å²) in [5, 5.41) is -0.710. The molecular formula is C16H22ClFO. The second-order valence-electron chi connectivity index (χ2n) is 5.89. The maximum atomic E-state index is 14.2. The van der Waals surface area contributed by atoms with Crippen molar-refractivity contribution in [1.29, 1.82) is 0 Å². The van der Waals surface area contributed by atoms with Crippen molar-refractivity contribution in [2.75, 3.05) is 0 Å². The molecule has 0 N–H and O–H groups in total. The standard InChI is InChI=1S/C16H22ClFO/c1-8(2)11-7-12(18)15(16(17)19)14(10(5)6)13(11)9(3)4/h7-10H,1-6H3. The third-order valence-electron chi connectivity index (χ3n) is 3.36. The monoisotopic (exact) mass is 284 g/mol. The van der Waals surface area contributed by atoms with Crippen molar-refractivity contribution >= 4 is 16.8 Å². The molecule has 1 rings (SSSR count). The van der Waals surface area contributed by atoms with E-state index in [0.29, 0.717) is 0 Å². The number of hydrogen-bond donors (Lipinski definition) is 0. The van der Waals surface area contributed by atoms with E-state index in [-0.39, 0.29) is 23.3 Å². The molecule has 0 aromatic heterocycles. The maximum absolute atomic E-state index is 14.2. The number of hydrogen-bond acceptors (Lipinski definition) is 1. The lowest BCUT2D eigenvalue weighted by molar-refractivity contribution is 0.107. The van der Waals surface area contributed by atoms with Crippen LogP contribution in [0, 0.1) is 5.82 Å². The Morgan fingerprint density at radius 2 is 1.47 bits per heavy atom. The van der Waals surface area contributed by atoms with Crippen LogP contribution in [0.5, 0.6) is 0 Å². The summed E-state index contributed by atoms with van der Waals surface area (Å²) in [4.78, 5) is 11.6. The van der Waals surface area contributed by atoms with Gasteiger partial charge in [-0.1, -0.05) is 41.5 Å². The summed E-state index contributed by atoms with van der Waals surface area (Å²) in [6, 6.07) is 1.47. The van der Waals surface area contributed by atoms with Crippen LogP contribution in [-0.2, 0) is 0 Å². The second kappa shape index (κ2) is 6.04. The van der Waals surface area contributed by atoms with E-state index in [2.05, 4.69) is 13.8 Å². The zero-order valence-corrected chi connectivity index (χ0v) is 13.2. The Balaban J connectivity index is 3.81. The van der Waals surface area contributed by atoms with Crippen LogP contribution in [0.3, 0.4) is 0 Å². The van der Waals surface area contributed by atoms with E-state index < -0.39 is 11.1 Å². The van der Waals surface area contributed by atoms with Crippen molar-refractivity contribution in [2.45, 2.75) is 59.3 Å². The van der Waals surface area contributed by atoms with E-state index in [0.717, 1.165) is 16.7 Å². The van der Waals surface area contributed by atoms with E-state index in [1.54, 1.807) is 0 Å². The summed E-state index contributed by atoms with van der Waals surface area (Å²) in [6.45, 7) is 12.1. The number of rotatable bonds is 4. The molecule has 0 aliphatic rings. The van der Waals surface area contributed by atoms with Gasteiger partial charge in [-0.25, -0.2) is 4.39 Å². The van der Waals surface area contributed by atoms with Crippen LogP contribution in [0.25, 0.3) is 0 Å². The lowest BCUT2D eigenvalue weighted by Gasteiger charge is -2.25. The molecular weight excluding hydrogens is 263 g/mol. The number of benzene rings is 1. The van der Waals surface area contributed by atoms with Gasteiger partial charge in [0.25, 0.3) is 5.24 Å². The van der Waals surface area contributed by atoms with Crippen molar-refractivity contribution in [3.8, 4) is 0 Å². The number of carbonyl (C=O) groups excluding carboxylic acids is 1. The van der Waals surface area contributed by atoms with Gasteiger partial charge in [-0.2, -0.15) is 0 Å². The summed E-state index contributed by atoms with van der Waals surface area (Å²) in [6.07, 6.45) is 0. The van der Waals surface area contributed by atoms with Crippen LogP contribution in [0.2, 0.25) is 0 Å². The quantitative estimate of drug-likeness (QED) is 0.660. The predicted octanol–water partition coefficient (Wildman–Crippen LogP) is 5.57. The van der Waals surface area contributed by atoms with Gasteiger partial charge in [0, 0.05) is 0 Å². The van der Waals surface area contributed by atoms with Crippen LogP contribution >= 0.6 is 11.6 Å². The molecule has 106 valence electrons. The molecule has 0 saturated heterocycles. The smallest absolute Gasteiger partial charge is 0.255 e. The van der Waals surface area contributed by atoms with Gasteiger partial charge in [-0.3, -0.25) is 4.79 Å². The molecule has 0 unspecified atom stereocenters. The largest absolute Gasteiger partial charge is 0.275 e. The molecule has 1 nitrogen and oxygen atoms in total. The first-order valence-corrected chi connectivity index (χ1v) is 7.12. The Hall–Kier alpha value is -0.890. The molecule has 0 atom stereocenters. The van der Waals surface area contributed by atoms with Gasteiger partial charge in [0.1, 0.15) is 5.82 Å². The fourth-order valence-electron chi connectivity index (χ4n) is 2.63. The fraction of sp³-hybridized carbons (Fsp3) is 0.562. The third-order valence-corrected chi connectivity index (χ3v) is 3.55. The van der Waals surface area contributed by atoms with Crippen LogP contribution in [0.1, 0.15) is 86.3 Å². The molecule has 0 radical (unpaired) electrons. The Morgan fingerprint density at radius 1 is 1.00 bits per heavy atom. The molecule has 1 aromatic rings. The molecule has 0 heterocycles. The topological polar surface area (TPSA) is 17.1 Å². The Bertz CT molecular complexity index is 490. The minimum atomic E-state index is -0.710. The summed E-state index contributed by atoms with van der Waals surface area (Å²) in [5.41, 5.74) is 2.84. The van der Waals surface area contributed by atoms with Gasteiger partial charge in [-0.05, 0) is 52.1 Å². The normalized spacial score (nSPS) is 11.7. The highest BCUT2D eigenvalue weighted by molar-refractivity contribution is 6.68. The van der Waals surface area contributed by atoms with Crippen molar-refractivity contribution in [3.63, 3.8) is 0 Å². The predicted molar refractivity (Wildman–Crippen MR) is 78.9 cm³/mol. The summed E-state index contributed by atoms with van der Waals surface area (Å²) < 4.78 is 14.2. The molecule has 0 fully saturated rings. The molecule has 3 heteroatoms. The van der Waals surface area contributed by atoms with Gasteiger partial charge in [-0.15, -0.1) is 0 Å². The minimum Gasteiger partial charge on any atom is -0.275 e. The molecule has 0 amide bonds. The second-order valence-corrected chi connectivity index (χ2v) is 6.23. The van der Waals surface area contributed by atoms with Gasteiger partial charge in [0.15, 0.2) is 0 Å². The van der Waals surface area contributed by atoms with E-state index in [9.17, 15) is 9.18 Å². The summed E-state index contributed by atoms with van der Waals surface area (Å²) in [5.74, 6) is -0.00542. The number of carbonyl (C=O) groups is 1. The van der Waals surface area contributed by atoms with Gasteiger partial charge in [0.05, 0.1) is 5.56 Å². The van der Waals surface area contributed by atoms with Crippen LogP contribution in [-0.4, -0.2) is 5.24 Å². The Kier molecular flexibility index (Phi) is 5.14. The molecule has 0 spiro atoms. The number of halogens is 2. The third kappa shape index (κ3) is 3.17. The van der Waals surface area contributed by atoms with E-state index >= 15 is 0 Å². The van der Waals surface area contributed by atoms with E-state index in [4.69, 9.17) is 11.6 Å². The lowest BCUT2D eigenvalue weighted by Crippen LogP contribution is -2.13. The highest BCUT2D eigenvalue weighted by atomic mass is 35.5. The highest BCUT2D eigenvalue weighted by Crippen LogP contribution is 2.37. The average molecular weight is 285 g/mol. The Morgan fingerprint density at radius 3 is 1.79 bits per heavy atom. The van der Waals surface area contributed by atoms with Crippen molar-refractivity contribution < 1.29 is 9.18 Å². The van der Waals surface area contributed by atoms with Crippen LogP contribution in [0.4, 0.5) is 4.39 Å². The first-order valence-electron chi connectivity index (χ1n) is 6.74. The van der Waals surface area contributed by atoms with Crippen molar-refractivity contribution in [3.05, 3.63) is 34.1 Å².